The summed E-state index contributed by atoms with van der Waals surface area (Å²) in [6.07, 6.45) is 1.54. The van der Waals surface area contributed by atoms with Gasteiger partial charge >= 0.3 is 7.32 Å². The molecule has 5 heteroatoms. The molecule has 1 atom stereocenters. The van der Waals surface area contributed by atoms with Gasteiger partial charge in [0.15, 0.2) is 0 Å². The quantitative estimate of drug-likeness (QED) is 0.595. The van der Waals surface area contributed by atoms with Crippen molar-refractivity contribution < 1.29 is 19.1 Å². The number of hydrogen-bond acceptors (Lipinski definition) is 3. The van der Waals surface area contributed by atoms with Crippen molar-refractivity contribution in [3.05, 3.63) is 0 Å². The molecule has 60 valence electrons. The van der Waals surface area contributed by atoms with Gasteiger partial charge in [0.05, 0.1) is 0 Å². The predicted octanol–water partition coefficient (Wildman–Crippen LogP) is 1.07. The third-order valence-corrected chi connectivity index (χ3v) is 1.12. The van der Waals surface area contributed by atoms with E-state index in [2.05, 4.69) is 9.51 Å². The van der Waals surface area contributed by atoms with Crippen LogP contribution in [0.3, 0.4) is 0 Å². The summed E-state index contributed by atoms with van der Waals surface area (Å²) >= 11 is 0. The fraction of sp³-hybridized carbons (Fsp3) is 1.00. The molecule has 1 N–H and O–H groups in total. The van der Waals surface area contributed by atoms with E-state index in [4.69, 9.17) is 5.02 Å². The van der Waals surface area contributed by atoms with Crippen LogP contribution in [0.1, 0.15) is 26.7 Å². The van der Waals surface area contributed by atoms with E-state index in [9.17, 15) is 4.53 Å². The molecule has 0 aliphatic carbocycles. The summed E-state index contributed by atoms with van der Waals surface area (Å²) in [6, 6.07) is 0. The van der Waals surface area contributed by atoms with E-state index in [1.165, 1.54) is 0 Å². The van der Waals surface area contributed by atoms with E-state index in [-0.39, 0.29) is 6.10 Å². The fourth-order valence-electron chi connectivity index (χ4n) is 0.694. The minimum absolute atomic E-state index is 0.171. The fourth-order valence-corrected chi connectivity index (χ4v) is 0.694. The highest BCUT2D eigenvalue weighted by Gasteiger charge is 2.19. The highest BCUT2D eigenvalue weighted by Crippen LogP contribution is 2.01. The minimum atomic E-state index is -1.73. The molecule has 0 bridgehead atoms. The lowest BCUT2D eigenvalue weighted by molar-refractivity contribution is -0.0748. The maximum atomic E-state index is 11.1. The highest BCUT2D eigenvalue weighted by molar-refractivity contribution is 6.34. The van der Waals surface area contributed by atoms with Gasteiger partial charge in [0, 0.05) is 6.10 Å². The first-order chi connectivity index (χ1) is 4.70. The monoisotopic (exact) mass is 150 g/mol. The van der Waals surface area contributed by atoms with Gasteiger partial charge in [0.2, 0.25) is 0 Å². The van der Waals surface area contributed by atoms with Gasteiger partial charge in [-0.2, -0.15) is 4.86 Å². The van der Waals surface area contributed by atoms with E-state index in [1.54, 1.807) is 6.92 Å². The Kier molecular flexibility index (Phi) is 5.57. The molecule has 0 fully saturated rings. The van der Waals surface area contributed by atoms with E-state index in [1.807, 2.05) is 6.92 Å². The van der Waals surface area contributed by atoms with Gasteiger partial charge in [0.1, 0.15) is 0 Å². The Balaban J connectivity index is 3.27. The Morgan fingerprint density at radius 2 is 2.30 bits per heavy atom. The molecule has 0 rings (SSSR count). The molecule has 0 heterocycles. The largest absolute Gasteiger partial charge is 0.669 e. The number of rotatable bonds is 5. The van der Waals surface area contributed by atoms with Gasteiger partial charge in [-0.1, -0.05) is 17.9 Å². The molecule has 3 nitrogen and oxygen atoms in total. The van der Waals surface area contributed by atoms with Crippen LogP contribution in [0.15, 0.2) is 0 Å². The average Bonchev–Trinajstić information content (AvgIpc) is 1.88. The summed E-state index contributed by atoms with van der Waals surface area (Å²) in [4.78, 5) is 3.00. The van der Waals surface area contributed by atoms with E-state index in [0.717, 1.165) is 12.8 Å². The van der Waals surface area contributed by atoms with Crippen molar-refractivity contribution in [1.29, 1.82) is 0 Å². The Hall–Kier alpha value is -0.125. The van der Waals surface area contributed by atoms with Crippen LogP contribution in [0.5, 0.6) is 0 Å². The molecule has 0 aromatic heterocycles. The zero-order valence-electron chi connectivity index (χ0n) is 6.21. The van der Waals surface area contributed by atoms with E-state index >= 15 is 0 Å². The van der Waals surface area contributed by atoms with Crippen molar-refractivity contribution in [3.63, 3.8) is 0 Å². The average molecular weight is 150 g/mol. The normalized spacial score (nSPS) is 13.2. The van der Waals surface area contributed by atoms with Crippen LogP contribution in [0.25, 0.3) is 0 Å². The summed E-state index contributed by atoms with van der Waals surface area (Å²) in [6.45, 7) is 3.72. The molecule has 0 radical (unpaired) electrons. The minimum Gasteiger partial charge on any atom is -0.400 e. The second kappa shape index (κ2) is 5.64. The molecule has 0 aromatic carbocycles. The van der Waals surface area contributed by atoms with Crippen LogP contribution in [0.4, 0.5) is 4.53 Å². The van der Waals surface area contributed by atoms with Gasteiger partial charge in [0.25, 0.3) is 0 Å². The summed E-state index contributed by atoms with van der Waals surface area (Å²) in [5.74, 6) is 0. The second-order valence-corrected chi connectivity index (χ2v) is 2.13. The van der Waals surface area contributed by atoms with Crippen LogP contribution in [-0.4, -0.2) is 18.4 Å². The van der Waals surface area contributed by atoms with E-state index in [0.29, 0.717) is 0 Å². The van der Waals surface area contributed by atoms with Gasteiger partial charge in [-0.05, 0) is 13.3 Å². The Bertz CT molecular complexity index is 83.3. The molecular weight excluding hydrogens is 138 g/mol. The molecule has 0 aliphatic heterocycles. The van der Waals surface area contributed by atoms with Crippen molar-refractivity contribution in [2.75, 3.05) is 0 Å². The Labute approximate surface area is 60.2 Å². The molecular formula is C5H12BFO3. The number of hydrogen-bond donors (Lipinski definition) is 1. The molecule has 0 aliphatic rings. The lowest BCUT2D eigenvalue weighted by atomic mass is 10.2. The smallest absolute Gasteiger partial charge is 0.400 e. The summed E-state index contributed by atoms with van der Waals surface area (Å²) < 4.78 is 15.7. The van der Waals surface area contributed by atoms with Gasteiger partial charge < -0.3 is 9.68 Å². The van der Waals surface area contributed by atoms with Gasteiger partial charge in [-0.25, -0.2) is 0 Å². The third-order valence-electron chi connectivity index (χ3n) is 1.12. The molecule has 0 saturated carbocycles. The van der Waals surface area contributed by atoms with Crippen molar-refractivity contribution in [2.24, 2.45) is 0 Å². The standard InChI is InChI=1S/C5H12BFO3/c1-3-4-5(2)9-6(8)10-7/h5,8H,3-4H2,1-2H3. The molecule has 1 unspecified atom stereocenters. The van der Waals surface area contributed by atoms with Crippen molar-refractivity contribution >= 4 is 7.32 Å². The van der Waals surface area contributed by atoms with Crippen LogP contribution in [0, 0.1) is 0 Å². The molecule has 0 aromatic rings. The maximum absolute atomic E-state index is 11.1. The molecule has 0 saturated heterocycles. The zero-order valence-corrected chi connectivity index (χ0v) is 6.21. The lowest BCUT2D eigenvalue weighted by Crippen LogP contribution is -2.24. The predicted molar refractivity (Wildman–Crippen MR) is 35.6 cm³/mol. The second-order valence-electron chi connectivity index (χ2n) is 2.13. The third kappa shape index (κ3) is 4.73. The first-order valence-electron chi connectivity index (χ1n) is 3.31. The topological polar surface area (TPSA) is 38.7 Å². The Morgan fingerprint density at radius 3 is 2.70 bits per heavy atom. The van der Waals surface area contributed by atoms with Crippen molar-refractivity contribution in [2.45, 2.75) is 32.8 Å². The first kappa shape index (κ1) is 9.87. The summed E-state index contributed by atoms with van der Waals surface area (Å²) in [7, 11) is -1.73. The molecule has 0 amide bonds. The Morgan fingerprint density at radius 1 is 1.70 bits per heavy atom. The van der Waals surface area contributed by atoms with Crippen molar-refractivity contribution in [1.82, 2.24) is 0 Å². The zero-order chi connectivity index (χ0) is 7.98. The van der Waals surface area contributed by atoms with Crippen LogP contribution >= 0.6 is 0 Å². The van der Waals surface area contributed by atoms with Gasteiger partial charge in [-0.15, -0.1) is 0 Å². The SMILES string of the molecule is CCCC(C)OB(O)OF. The first-order valence-corrected chi connectivity index (χ1v) is 3.31. The number of halogens is 1. The van der Waals surface area contributed by atoms with Gasteiger partial charge in [-0.3, -0.25) is 0 Å². The van der Waals surface area contributed by atoms with Crippen molar-refractivity contribution in [3.8, 4) is 0 Å². The highest BCUT2D eigenvalue weighted by atomic mass is 19.3. The maximum Gasteiger partial charge on any atom is 0.669 e. The van der Waals surface area contributed by atoms with Crippen LogP contribution < -0.4 is 0 Å². The van der Waals surface area contributed by atoms with E-state index < -0.39 is 7.32 Å². The lowest BCUT2D eigenvalue weighted by Gasteiger charge is -2.10. The summed E-state index contributed by atoms with van der Waals surface area (Å²) in [5, 5.41) is 8.44. The molecule has 0 spiro atoms. The van der Waals surface area contributed by atoms with Crippen LogP contribution in [-0.2, 0) is 9.51 Å². The molecule has 10 heavy (non-hydrogen) atoms. The summed E-state index contributed by atoms with van der Waals surface area (Å²) in [5.41, 5.74) is 0. The van der Waals surface area contributed by atoms with Crippen LogP contribution in [0.2, 0.25) is 0 Å².